The van der Waals surface area contributed by atoms with Crippen molar-refractivity contribution in [3.05, 3.63) is 39.2 Å². The van der Waals surface area contributed by atoms with Gasteiger partial charge in [0, 0.05) is 37.5 Å². The number of hydrogen-bond donors (Lipinski definition) is 1. The molecule has 2 atom stereocenters. The van der Waals surface area contributed by atoms with Gasteiger partial charge in [-0.3, -0.25) is 9.69 Å². The Morgan fingerprint density at radius 2 is 1.97 bits per heavy atom. The summed E-state index contributed by atoms with van der Waals surface area (Å²) in [5.41, 5.74) is 2.14. The van der Waals surface area contributed by atoms with E-state index >= 15 is 0 Å². The molecule has 2 aromatic rings. The van der Waals surface area contributed by atoms with E-state index in [1.54, 1.807) is 0 Å². The molecule has 2 unspecified atom stereocenters. The predicted molar refractivity (Wildman–Crippen MR) is 117 cm³/mol. The minimum Gasteiger partial charge on any atom is -0.507 e. The molecule has 0 saturated carbocycles. The van der Waals surface area contributed by atoms with Gasteiger partial charge in [-0.1, -0.05) is 20.8 Å². The first-order valence-corrected chi connectivity index (χ1v) is 10.9. The van der Waals surface area contributed by atoms with Gasteiger partial charge < -0.3 is 14.3 Å². The smallest absolute Gasteiger partial charge is 0.336 e. The van der Waals surface area contributed by atoms with Crippen molar-refractivity contribution in [1.82, 2.24) is 4.90 Å². The van der Waals surface area contributed by atoms with Crippen molar-refractivity contribution in [2.75, 3.05) is 19.7 Å². The minimum absolute atomic E-state index is 0.116. The third kappa shape index (κ3) is 5.22. The van der Waals surface area contributed by atoms with Gasteiger partial charge in [-0.2, -0.15) is 0 Å². The zero-order valence-corrected chi connectivity index (χ0v) is 18.5. The highest BCUT2D eigenvalue weighted by Crippen LogP contribution is 2.35. The van der Waals surface area contributed by atoms with Gasteiger partial charge in [0.1, 0.15) is 11.3 Å². The molecule has 2 heterocycles. The van der Waals surface area contributed by atoms with Crippen LogP contribution in [0.1, 0.15) is 56.7 Å². The molecule has 6 nitrogen and oxygen atoms in total. The van der Waals surface area contributed by atoms with Crippen LogP contribution in [-0.4, -0.2) is 35.7 Å². The molecule has 0 amide bonds. The number of phenolic OH excluding ortho intramolecular Hbond substituents is 1. The number of aryl methyl sites for hydroxylation is 2. The highest BCUT2D eigenvalue weighted by Gasteiger charge is 2.25. The normalized spacial score (nSPS) is 19.9. The fraction of sp³-hybridized carbons (Fsp3) is 0.583. The van der Waals surface area contributed by atoms with Crippen molar-refractivity contribution < 1.29 is 19.1 Å². The number of hydrogen-bond acceptors (Lipinski definition) is 6. The molecule has 1 aromatic carbocycles. The molecule has 1 N–H and O–H groups in total. The van der Waals surface area contributed by atoms with E-state index in [1.165, 1.54) is 12.5 Å². The summed E-state index contributed by atoms with van der Waals surface area (Å²) in [6, 6.07) is 3.30. The maximum Gasteiger partial charge on any atom is 0.336 e. The van der Waals surface area contributed by atoms with Crippen LogP contribution in [0.15, 0.2) is 21.3 Å². The number of fused-ring (bicyclic) bond motifs is 1. The minimum atomic E-state index is -0.420. The molecular formula is C24H33NO5. The summed E-state index contributed by atoms with van der Waals surface area (Å²) in [6.07, 6.45) is 2.55. The van der Waals surface area contributed by atoms with E-state index in [4.69, 9.17) is 9.15 Å². The Hall–Kier alpha value is -2.34. The summed E-state index contributed by atoms with van der Waals surface area (Å²) in [7, 11) is 0. The molecule has 30 heavy (non-hydrogen) atoms. The van der Waals surface area contributed by atoms with Crippen molar-refractivity contribution in [3.63, 3.8) is 0 Å². The van der Waals surface area contributed by atoms with Crippen LogP contribution in [0, 0.1) is 18.8 Å². The van der Waals surface area contributed by atoms with Crippen LogP contribution in [0.5, 0.6) is 5.75 Å². The molecule has 6 heteroatoms. The van der Waals surface area contributed by atoms with Crippen molar-refractivity contribution in [2.45, 2.75) is 59.9 Å². The third-order valence-corrected chi connectivity index (χ3v) is 5.78. The molecule has 0 radical (unpaired) electrons. The lowest BCUT2D eigenvalue weighted by Gasteiger charge is -2.35. The number of likely N-dealkylation sites (tertiary alicyclic amines) is 1. The number of aromatic hydroxyl groups is 1. The monoisotopic (exact) mass is 415 g/mol. The van der Waals surface area contributed by atoms with Crippen molar-refractivity contribution in [3.8, 4) is 5.75 Å². The van der Waals surface area contributed by atoms with E-state index < -0.39 is 5.63 Å². The SMILES string of the molecule is CCCOC(=O)CCc1cc2c(C)cc(=O)oc2c(CN2CC(C)CC(C)C2)c1O. The largest absolute Gasteiger partial charge is 0.507 e. The van der Waals surface area contributed by atoms with Crippen LogP contribution in [0.2, 0.25) is 0 Å². The van der Waals surface area contributed by atoms with E-state index in [-0.39, 0.29) is 18.1 Å². The Balaban J connectivity index is 1.97. The van der Waals surface area contributed by atoms with Gasteiger partial charge in [0.2, 0.25) is 0 Å². The van der Waals surface area contributed by atoms with Crippen LogP contribution in [0.25, 0.3) is 11.0 Å². The second-order valence-electron chi connectivity index (χ2n) is 8.85. The lowest BCUT2D eigenvalue weighted by Crippen LogP contribution is -2.38. The summed E-state index contributed by atoms with van der Waals surface area (Å²) in [4.78, 5) is 26.3. The zero-order valence-electron chi connectivity index (χ0n) is 18.5. The molecule has 164 valence electrons. The molecule has 1 fully saturated rings. The molecule has 0 bridgehead atoms. The second-order valence-corrected chi connectivity index (χ2v) is 8.85. The van der Waals surface area contributed by atoms with Gasteiger partial charge in [0.15, 0.2) is 0 Å². The Labute approximate surface area is 177 Å². The Morgan fingerprint density at radius 1 is 1.27 bits per heavy atom. The number of piperidine rings is 1. The van der Waals surface area contributed by atoms with Crippen LogP contribution >= 0.6 is 0 Å². The van der Waals surface area contributed by atoms with E-state index in [0.29, 0.717) is 48.1 Å². The molecule has 1 aliphatic heterocycles. The number of nitrogens with zero attached hydrogens (tertiary/aromatic N) is 1. The van der Waals surface area contributed by atoms with Gasteiger partial charge in [0.25, 0.3) is 0 Å². The fourth-order valence-electron chi connectivity index (χ4n) is 4.57. The Morgan fingerprint density at radius 3 is 2.63 bits per heavy atom. The van der Waals surface area contributed by atoms with Crippen LogP contribution in [-0.2, 0) is 22.5 Å². The summed E-state index contributed by atoms with van der Waals surface area (Å²) in [6.45, 7) is 11.1. The molecule has 0 aliphatic carbocycles. The molecule has 1 aromatic heterocycles. The molecule has 3 rings (SSSR count). The standard InChI is InChI=1S/C24H33NO5/c1-5-8-29-21(26)7-6-18-11-19-17(4)10-22(27)30-24(19)20(23(18)28)14-25-12-15(2)9-16(3)13-25/h10-11,15-16,28H,5-9,12-14H2,1-4H3. The third-order valence-electron chi connectivity index (χ3n) is 5.78. The summed E-state index contributed by atoms with van der Waals surface area (Å²) in [5.74, 6) is 0.998. The van der Waals surface area contributed by atoms with E-state index in [1.807, 2.05) is 19.9 Å². The van der Waals surface area contributed by atoms with Crippen LogP contribution in [0.4, 0.5) is 0 Å². The van der Waals surface area contributed by atoms with Gasteiger partial charge in [-0.15, -0.1) is 0 Å². The van der Waals surface area contributed by atoms with Crippen LogP contribution < -0.4 is 5.63 Å². The zero-order chi connectivity index (χ0) is 21.8. The number of esters is 1. The van der Waals surface area contributed by atoms with Crippen molar-refractivity contribution >= 4 is 16.9 Å². The first-order chi connectivity index (χ1) is 14.3. The topological polar surface area (TPSA) is 80.0 Å². The van der Waals surface area contributed by atoms with Gasteiger partial charge in [-0.25, -0.2) is 4.79 Å². The summed E-state index contributed by atoms with van der Waals surface area (Å²) in [5, 5.41) is 11.9. The fourth-order valence-corrected chi connectivity index (χ4v) is 4.57. The lowest BCUT2D eigenvalue weighted by molar-refractivity contribution is -0.143. The Bertz CT molecular complexity index is 954. The highest BCUT2D eigenvalue weighted by molar-refractivity contribution is 5.86. The average Bonchev–Trinajstić information content (AvgIpc) is 2.67. The first-order valence-electron chi connectivity index (χ1n) is 10.9. The Kier molecular flexibility index (Phi) is 7.19. The van der Waals surface area contributed by atoms with Gasteiger partial charge in [-0.05, 0) is 55.2 Å². The molecular weight excluding hydrogens is 382 g/mol. The van der Waals surface area contributed by atoms with E-state index in [9.17, 15) is 14.7 Å². The maximum absolute atomic E-state index is 12.0. The van der Waals surface area contributed by atoms with E-state index in [2.05, 4.69) is 18.7 Å². The second kappa shape index (κ2) is 9.65. The number of rotatable bonds is 7. The molecule has 1 aliphatic rings. The number of ether oxygens (including phenoxy) is 1. The number of carbonyl (C=O) groups is 1. The number of benzene rings is 1. The van der Waals surface area contributed by atoms with Crippen molar-refractivity contribution in [2.24, 2.45) is 11.8 Å². The van der Waals surface area contributed by atoms with Gasteiger partial charge >= 0.3 is 11.6 Å². The predicted octanol–water partition coefficient (Wildman–Crippen LogP) is 4.17. The maximum atomic E-state index is 12.0. The molecule has 0 spiro atoms. The summed E-state index contributed by atoms with van der Waals surface area (Å²) >= 11 is 0. The first kappa shape index (κ1) is 22.3. The van der Waals surface area contributed by atoms with E-state index in [0.717, 1.165) is 30.5 Å². The number of carbonyl (C=O) groups excluding carboxylic acids is 1. The van der Waals surface area contributed by atoms with Crippen molar-refractivity contribution in [1.29, 1.82) is 0 Å². The van der Waals surface area contributed by atoms with Crippen LogP contribution in [0.3, 0.4) is 0 Å². The van der Waals surface area contributed by atoms with Gasteiger partial charge in [0.05, 0.1) is 12.2 Å². The summed E-state index contributed by atoms with van der Waals surface area (Å²) < 4.78 is 10.7. The average molecular weight is 416 g/mol. The molecule has 1 saturated heterocycles. The quantitative estimate of drug-likeness (QED) is 0.540. The number of phenols is 1. The lowest BCUT2D eigenvalue weighted by atomic mass is 9.91. The highest BCUT2D eigenvalue weighted by atomic mass is 16.5.